The number of hydrogen-bond acceptors (Lipinski definition) is 3. The zero-order valence-corrected chi connectivity index (χ0v) is 11.9. The minimum absolute atomic E-state index is 0.0543. The molecule has 2 aromatic carbocycles. The van der Waals surface area contributed by atoms with E-state index < -0.39 is 5.82 Å². The van der Waals surface area contributed by atoms with Crippen LogP contribution in [-0.4, -0.2) is 11.0 Å². The Balaban J connectivity index is 2.18. The standard InChI is InChI=1S/C16H17FN2O2/c1-10-6-7-13(8-11(10)2)21-9-12-4-3-5-14(15(12)17)16(18)19-20/h3-8,20H,9H2,1-2H3,(H2,18,19). The maximum absolute atomic E-state index is 14.2. The van der Waals surface area contributed by atoms with Crippen LogP contribution in [0.4, 0.5) is 4.39 Å². The van der Waals surface area contributed by atoms with Crippen LogP contribution in [0.5, 0.6) is 5.75 Å². The van der Waals surface area contributed by atoms with E-state index in [1.165, 1.54) is 11.6 Å². The first-order valence-electron chi connectivity index (χ1n) is 6.48. The number of ether oxygens (including phenoxy) is 1. The normalized spacial score (nSPS) is 11.5. The Morgan fingerprint density at radius 3 is 2.67 bits per heavy atom. The van der Waals surface area contributed by atoms with E-state index in [0.29, 0.717) is 11.3 Å². The fourth-order valence-electron chi connectivity index (χ4n) is 1.91. The third-order valence-electron chi connectivity index (χ3n) is 3.34. The third kappa shape index (κ3) is 3.31. The van der Waals surface area contributed by atoms with Gasteiger partial charge in [-0.15, -0.1) is 0 Å². The van der Waals surface area contributed by atoms with Crippen LogP contribution < -0.4 is 10.5 Å². The molecule has 0 heterocycles. The number of halogens is 1. The van der Waals surface area contributed by atoms with Crippen molar-refractivity contribution in [3.8, 4) is 5.75 Å². The molecule has 0 saturated heterocycles. The van der Waals surface area contributed by atoms with Gasteiger partial charge in [-0.2, -0.15) is 0 Å². The van der Waals surface area contributed by atoms with E-state index in [1.54, 1.807) is 12.1 Å². The molecule has 0 aliphatic heterocycles. The van der Waals surface area contributed by atoms with Gasteiger partial charge in [0.1, 0.15) is 18.2 Å². The van der Waals surface area contributed by atoms with Gasteiger partial charge in [0.05, 0.1) is 5.56 Å². The van der Waals surface area contributed by atoms with Crippen molar-refractivity contribution < 1.29 is 14.3 Å². The SMILES string of the molecule is Cc1ccc(OCc2cccc(/C(N)=N/O)c2F)cc1C. The molecule has 21 heavy (non-hydrogen) atoms. The Labute approximate surface area is 122 Å². The topological polar surface area (TPSA) is 67.8 Å². The van der Waals surface area contributed by atoms with E-state index in [2.05, 4.69) is 5.16 Å². The lowest BCUT2D eigenvalue weighted by Gasteiger charge is -2.10. The molecule has 0 aromatic heterocycles. The Morgan fingerprint density at radius 1 is 1.24 bits per heavy atom. The van der Waals surface area contributed by atoms with Crippen LogP contribution >= 0.6 is 0 Å². The lowest BCUT2D eigenvalue weighted by Crippen LogP contribution is -2.16. The molecule has 0 unspecified atom stereocenters. The quantitative estimate of drug-likeness (QED) is 0.393. The first-order chi connectivity index (χ1) is 10.0. The molecule has 2 rings (SSSR count). The van der Waals surface area contributed by atoms with Gasteiger partial charge in [0.25, 0.3) is 0 Å². The smallest absolute Gasteiger partial charge is 0.173 e. The monoisotopic (exact) mass is 288 g/mol. The van der Waals surface area contributed by atoms with Gasteiger partial charge < -0.3 is 15.7 Å². The summed E-state index contributed by atoms with van der Waals surface area (Å²) in [6.07, 6.45) is 0. The van der Waals surface area contributed by atoms with E-state index >= 15 is 0 Å². The molecule has 0 aliphatic carbocycles. The first kappa shape index (κ1) is 14.8. The van der Waals surface area contributed by atoms with E-state index in [9.17, 15) is 4.39 Å². The number of nitrogens with two attached hydrogens (primary N) is 1. The van der Waals surface area contributed by atoms with Crippen LogP contribution in [0.3, 0.4) is 0 Å². The number of nitrogens with zero attached hydrogens (tertiary/aromatic N) is 1. The Bertz CT molecular complexity index is 684. The highest BCUT2D eigenvalue weighted by Crippen LogP contribution is 2.19. The van der Waals surface area contributed by atoms with Crippen LogP contribution in [0.1, 0.15) is 22.3 Å². The van der Waals surface area contributed by atoms with Crippen molar-refractivity contribution in [3.63, 3.8) is 0 Å². The lowest BCUT2D eigenvalue weighted by atomic mass is 10.1. The largest absolute Gasteiger partial charge is 0.489 e. The predicted molar refractivity (Wildman–Crippen MR) is 79.2 cm³/mol. The van der Waals surface area contributed by atoms with Gasteiger partial charge in [0.2, 0.25) is 0 Å². The van der Waals surface area contributed by atoms with Crippen LogP contribution in [0.2, 0.25) is 0 Å². The van der Waals surface area contributed by atoms with Crippen molar-refractivity contribution in [2.24, 2.45) is 10.9 Å². The average Bonchev–Trinajstić information content (AvgIpc) is 2.49. The fourth-order valence-corrected chi connectivity index (χ4v) is 1.91. The second-order valence-corrected chi connectivity index (χ2v) is 4.80. The molecule has 0 bridgehead atoms. The van der Waals surface area contributed by atoms with Crippen LogP contribution in [-0.2, 0) is 6.61 Å². The Kier molecular flexibility index (Phi) is 4.42. The Hall–Kier alpha value is -2.56. The summed E-state index contributed by atoms with van der Waals surface area (Å²) in [6, 6.07) is 10.4. The van der Waals surface area contributed by atoms with Gasteiger partial charge in [-0.05, 0) is 43.2 Å². The number of amidine groups is 1. The highest BCUT2D eigenvalue weighted by molar-refractivity contribution is 5.97. The molecule has 0 spiro atoms. The predicted octanol–water partition coefficient (Wildman–Crippen LogP) is 3.12. The number of oxime groups is 1. The lowest BCUT2D eigenvalue weighted by molar-refractivity contribution is 0.299. The van der Waals surface area contributed by atoms with E-state index in [-0.39, 0.29) is 18.0 Å². The molecule has 3 N–H and O–H groups in total. The summed E-state index contributed by atoms with van der Waals surface area (Å²) >= 11 is 0. The minimum Gasteiger partial charge on any atom is -0.489 e. The highest BCUT2D eigenvalue weighted by Gasteiger charge is 2.12. The van der Waals surface area contributed by atoms with Gasteiger partial charge in [-0.3, -0.25) is 0 Å². The third-order valence-corrected chi connectivity index (χ3v) is 3.34. The van der Waals surface area contributed by atoms with Gasteiger partial charge in [0.15, 0.2) is 5.84 Å². The molecule has 5 heteroatoms. The second-order valence-electron chi connectivity index (χ2n) is 4.80. The molecule has 0 amide bonds. The Morgan fingerprint density at radius 2 is 2.00 bits per heavy atom. The van der Waals surface area contributed by atoms with Gasteiger partial charge in [-0.1, -0.05) is 23.4 Å². The molecule has 0 atom stereocenters. The molecule has 0 fully saturated rings. The molecular weight excluding hydrogens is 271 g/mol. The van der Waals surface area contributed by atoms with Gasteiger partial charge in [0, 0.05) is 5.56 Å². The number of benzene rings is 2. The maximum atomic E-state index is 14.2. The summed E-state index contributed by atoms with van der Waals surface area (Å²) < 4.78 is 19.8. The zero-order valence-electron chi connectivity index (χ0n) is 11.9. The molecule has 0 saturated carbocycles. The molecule has 4 nitrogen and oxygen atoms in total. The summed E-state index contributed by atoms with van der Waals surface area (Å²) in [5.74, 6) is -0.135. The second kappa shape index (κ2) is 6.26. The van der Waals surface area contributed by atoms with Crippen molar-refractivity contribution in [2.75, 3.05) is 0 Å². The van der Waals surface area contributed by atoms with Crippen molar-refractivity contribution >= 4 is 5.84 Å². The summed E-state index contributed by atoms with van der Waals surface area (Å²) in [4.78, 5) is 0. The zero-order chi connectivity index (χ0) is 15.4. The van der Waals surface area contributed by atoms with Gasteiger partial charge in [-0.25, -0.2) is 4.39 Å². The minimum atomic E-state index is -0.545. The first-order valence-corrected chi connectivity index (χ1v) is 6.48. The van der Waals surface area contributed by atoms with Crippen LogP contribution in [0.25, 0.3) is 0 Å². The van der Waals surface area contributed by atoms with Crippen molar-refractivity contribution in [1.82, 2.24) is 0 Å². The number of rotatable bonds is 4. The molecule has 0 aliphatic rings. The maximum Gasteiger partial charge on any atom is 0.173 e. The molecule has 0 radical (unpaired) electrons. The van der Waals surface area contributed by atoms with Crippen molar-refractivity contribution in [1.29, 1.82) is 0 Å². The summed E-state index contributed by atoms with van der Waals surface area (Å²) in [7, 11) is 0. The molecule has 110 valence electrons. The van der Waals surface area contributed by atoms with E-state index in [4.69, 9.17) is 15.7 Å². The summed E-state index contributed by atoms with van der Waals surface area (Å²) in [5, 5.41) is 11.4. The molecular formula is C16H17FN2O2. The average molecular weight is 288 g/mol. The van der Waals surface area contributed by atoms with Gasteiger partial charge >= 0.3 is 0 Å². The van der Waals surface area contributed by atoms with Crippen molar-refractivity contribution in [3.05, 3.63) is 64.5 Å². The number of aryl methyl sites for hydroxylation is 2. The van der Waals surface area contributed by atoms with E-state index in [0.717, 1.165) is 5.56 Å². The fraction of sp³-hybridized carbons (Fsp3) is 0.188. The highest BCUT2D eigenvalue weighted by atomic mass is 19.1. The van der Waals surface area contributed by atoms with E-state index in [1.807, 2.05) is 32.0 Å². The van der Waals surface area contributed by atoms with Crippen molar-refractivity contribution in [2.45, 2.75) is 20.5 Å². The molecule has 2 aromatic rings. The number of hydrogen-bond donors (Lipinski definition) is 2. The summed E-state index contributed by atoms with van der Waals surface area (Å²) in [6.45, 7) is 4.07. The summed E-state index contributed by atoms with van der Waals surface area (Å²) in [5.41, 5.74) is 8.10. The van der Waals surface area contributed by atoms with Crippen LogP contribution in [0, 0.1) is 19.7 Å². The van der Waals surface area contributed by atoms with Crippen LogP contribution in [0.15, 0.2) is 41.6 Å².